The molecule has 0 fully saturated rings. The van der Waals surface area contributed by atoms with Gasteiger partial charge in [-0.05, 0) is 29.8 Å². The molecule has 0 saturated heterocycles. The lowest BCUT2D eigenvalue weighted by Gasteiger charge is -2.07. The van der Waals surface area contributed by atoms with Crippen LogP contribution in [0.4, 0.5) is 14.5 Å². The number of rotatable bonds is 6. The predicted octanol–water partition coefficient (Wildman–Crippen LogP) is 3.35. The molecule has 1 aliphatic rings. The Hall–Kier alpha value is -4.15. The molecular weight excluding hydrogens is 418 g/mol. The zero-order chi connectivity index (χ0) is 21.9. The molecule has 4 heterocycles. The molecule has 0 aliphatic carbocycles. The first kappa shape index (κ1) is 19.8. The molecule has 4 aromatic rings. The third-order valence-electron chi connectivity index (χ3n) is 4.81. The number of halogens is 2. The number of benzene rings is 1. The Kier molecular flexibility index (Phi) is 5.28. The Labute approximate surface area is 181 Å². The number of hydrogen-bond donors (Lipinski definition) is 2. The third-order valence-corrected chi connectivity index (χ3v) is 4.81. The van der Waals surface area contributed by atoms with Crippen molar-refractivity contribution >= 4 is 11.6 Å². The Morgan fingerprint density at radius 2 is 1.88 bits per heavy atom. The number of alkyl halides is 2. The predicted molar refractivity (Wildman–Crippen MR) is 113 cm³/mol. The fourth-order valence-corrected chi connectivity index (χ4v) is 3.21. The van der Waals surface area contributed by atoms with Crippen LogP contribution in [-0.2, 0) is 6.54 Å². The number of nitrogens with one attached hydrogen (secondary N) is 2. The van der Waals surface area contributed by atoms with Crippen LogP contribution in [0.3, 0.4) is 0 Å². The van der Waals surface area contributed by atoms with Gasteiger partial charge in [-0.3, -0.25) is 14.7 Å². The first-order valence-corrected chi connectivity index (χ1v) is 9.89. The van der Waals surface area contributed by atoms with Crippen molar-refractivity contribution in [1.82, 2.24) is 30.3 Å². The van der Waals surface area contributed by atoms with E-state index in [0.29, 0.717) is 12.1 Å². The van der Waals surface area contributed by atoms with Crippen LogP contribution in [0.1, 0.15) is 18.0 Å². The summed E-state index contributed by atoms with van der Waals surface area (Å²) in [7, 11) is 0. The van der Waals surface area contributed by atoms with Gasteiger partial charge >= 0.3 is 6.43 Å². The number of aromatic nitrogens is 5. The number of nitrogens with zero attached hydrogens (tertiary/aromatic N) is 6. The van der Waals surface area contributed by atoms with Crippen LogP contribution in [0.15, 0.2) is 64.4 Å². The summed E-state index contributed by atoms with van der Waals surface area (Å²) < 4.78 is 31.9. The van der Waals surface area contributed by atoms with Crippen molar-refractivity contribution in [2.45, 2.75) is 13.0 Å². The fraction of sp³-hybridized carbons (Fsp3) is 0.190. The van der Waals surface area contributed by atoms with E-state index < -0.39 is 12.3 Å². The Morgan fingerprint density at radius 3 is 2.56 bits per heavy atom. The van der Waals surface area contributed by atoms with Gasteiger partial charge in [-0.15, -0.1) is 10.2 Å². The average molecular weight is 436 g/mol. The maximum absolute atomic E-state index is 12.6. The average Bonchev–Trinajstić information content (AvgIpc) is 3.57. The van der Waals surface area contributed by atoms with Gasteiger partial charge in [-0.2, -0.15) is 13.9 Å². The van der Waals surface area contributed by atoms with Crippen molar-refractivity contribution in [3.8, 4) is 22.6 Å². The zero-order valence-electron chi connectivity index (χ0n) is 16.7. The molecule has 1 aromatic carbocycles. The second-order valence-corrected chi connectivity index (χ2v) is 7.07. The lowest BCUT2D eigenvalue weighted by molar-refractivity contribution is 0.116. The van der Waals surface area contributed by atoms with Crippen molar-refractivity contribution in [1.29, 1.82) is 0 Å². The molecule has 0 unspecified atom stereocenters. The standard InChI is InChI=1S/C21H18F2N8O/c22-18(23)20-30-29-19(32-20)14-3-6-17(26-9-14)12-31-11-15(10-27-31)13-1-4-16(5-2-13)28-21-24-7-8-25-21/h1-6,9-11,18H,7-8,12H2,(H2,24,25,28). The van der Waals surface area contributed by atoms with Crippen LogP contribution in [0.25, 0.3) is 22.6 Å². The van der Waals surface area contributed by atoms with Gasteiger partial charge in [-0.1, -0.05) is 12.1 Å². The fourth-order valence-electron chi connectivity index (χ4n) is 3.21. The molecule has 0 amide bonds. The van der Waals surface area contributed by atoms with E-state index in [0.717, 1.165) is 41.6 Å². The molecule has 1 aliphatic heterocycles. The topological polar surface area (TPSA) is 106 Å². The van der Waals surface area contributed by atoms with Crippen molar-refractivity contribution < 1.29 is 13.2 Å². The number of hydrogen-bond acceptors (Lipinski definition) is 8. The first-order chi connectivity index (χ1) is 15.6. The van der Waals surface area contributed by atoms with Gasteiger partial charge in [-0.25, -0.2) is 0 Å². The van der Waals surface area contributed by atoms with Crippen LogP contribution in [0, 0.1) is 0 Å². The highest BCUT2D eigenvalue weighted by atomic mass is 19.3. The molecule has 0 saturated carbocycles. The summed E-state index contributed by atoms with van der Waals surface area (Å²) in [5, 5.41) is 17.8. The maximum atomic E-state index is 12.6. The molecule has 11 heteroatoms. The molecule has 3 aromatic heterocycles. The van der Waals surface area contributed by atoms with Crippen molar-refractivity contribution in [2.75, 3.05) is 18.4 Å². The summed E-state index contributed by atoms with van der Waals surface area (Å²) in [5.74, 6) is 0.0907. The van der Waals surface area contributed by atoms with E-state index in [9.17, 15) is 8.78 Å². The number of anilines is 1. The van der Waals surface area contributed by atoms with Gasteiger partial charge in [0.2, 0.25) is 5.89 Å². The van der Waals surface area contributed by atoms with Gasteiger partial charge in [0.1, 0.15) is 0 Å². The van der Waals surface area contributed by atoms with E-state index in [1.807, 2.05) is 30.5 Å². The summed E-state index contributed by atoms with van der Waals surface area (Å²) >= 11 is 0. The van der Waals surface area contributed by atoms with Crippen LogP contribution in [0.2, 0.25) is 0 Å². The monoisotopic (exact) mass is 436 g/mol. The van der Waals surface area contributed by atoms with Crippen LogP contribution in [0.5, 0.6) is 0 Å². The number of aliphatic imine (C=N–C) groups is 1. The summed E-state index contributed by atoms with van der Waals surface area (Å²) in [5.41, 5.74) is 4.20. The third kappa shape index (κ3) is 4.31. The largest absolute Gasteiger partial charge is 0.415 e. The molecule has 0 radical (unpaired) electrons. The highest BCUT2D eigenvalue weighted by Crippen LogP contribution is 2.24. The smallest absolute Gasteiger partial charge is 0.314 e. The summed E-state index contributed by atoms with van der Waals surface area (Å²) in [6.45, 7) is 2.10. The second-order valence-electron chi connectivity index (χ2n) is 7.07. The Morgan fingerprint density at radius 1 is 1.03 bits per heavy atom. The quantitative estimate of drug-likeness (QED) is 0.477. The highest BCUT2D eigenvalue weighted by Gasteiger charge is 2.17. The van der Waals surface area contributed by atoms with E-state index in [-0.39, 0.29) is 5.89 Å². The Balaban J connectivity index is 1.24. The van der Waals surface area contributed by atoms with E-state index in [1.165, 1.54) is 6.20 Å². The van der Waals surface area contributed by atoms with Crippen LogP contribution < -0.4 is 10.6 Å². The summed E-state index contributed by atoms with van der Waals surface area (Å²) in [6, 6.07) is 11.5. The van der Waals surface area contributed by atoms with Gasteiger partial charge in [0.25, 0.3) is 5.89 Å². The molecule has 162 valence electrons. The molecule has 2 N–H and O–H groups in total. The lowest BCUT2D eigenvalue weighted by Crippen LogP contribution is -2.26. The normalized spacial score (nSPS) is 13.3. The molecule has 0 spiro atoms. The highest BCUT2D eigenvalue weighted by molar-refractivity contribution is 5.94. The molecule has 9 nitrogen and oxygen atoms in total. The van der Waals surface area contributed by atoms with Crippen molar-refractivity contribution in [3.63, 3.8) is 0 Å². The van der Waals surface area contributed by atoms with Crippen LogP contribution in [-0.4, -0.2) is 44.0 Å². The van der Waals surface area contributed by atoms with Gasteiger partial charge in [0.15, 0.2) is 5.96 Å². The lowest BCUT2D eigenvalue weighted by atomic mass is 10.1. The van der Waals surface area contributed by atoms with Gasteiger partial charge in [0, 0.05) is 30.2 Å². The summed E-state index contributed by atoms with van der Waals surface area (Å²) in [6.07, 6.45) is 2.44. The number of guanidine groups is 1. The zero-order valence-corrected chi connectivity index (χ0v) is 16.7. The SMILES string of the molecule is FC(F)c1nnc(-c2ccc(Cn3cc(-c4ccc(NC5=NCCN5)cc4)cn3)nc2)o1. The van der Waals surface area contributed by atoms with Gasteiger partial charge < -0.3 is 15.1 Å². The van der Waals surface area contributed by atoms with Crippen molar-refractivity contribution in [2.24, 2.45) is 4.99 Å². The molecule has 5 rings (SSSR count). The van der Waals surface area contributed by atoms with E-state index in [4.69, 9.17) is 4.42 Å². The number of pyridine rings is 1. The maximum Gasteiger partial charge on any atom is 0.314 e. The molecule has 32 heavy (non-hydrogen) atoms. The summed E-state index contributed by atoms with van der Waals surface area (Å²) in [4.78, 5) is 8.66. The van der Waals surface area contributed by atoms with E-state index in [2.05, 4.69) is 35.9 Å². The Bertz CT molecular complexity index is 1230. The van der Waals surface area contributed by atoms with E-state index in [1.54, 1.807) is 23.0 Å². The minimum absolute atomic E-state index is 0.00875. The molecule has 0 atom stereocenters. The second kappa shape index (κ2) is 8.53. The van der Waals surface area contributed by atoms with E-state index >= 15 is 0 Å². The molecule has 0 bridgehead atoms. The minimum Gasteiger partial charge on any atom is -0.415 e. The van der Waals surface area contributed by atoms with Gasteiger partial charge in [0.05, 0.1) is 30.5 Å². The minimum atomic E-state index is -2.80. The first-order valence-electron chi connectivity index (χ1n) is 9.89. The molecular formula is C21H18F2N8O. The van der Waals surface area contributed by atoms with Crippen molar-refractivity contribution in [3.05, 3.63) is 66.6 Å². The van der Waals surface area contributed by atoms with Crippen LogP contribution >= 0.6 is 0 Å².